The number of rotatable bonds is 3. The molecule has 0 aromatic carbocycles. The molecule has 1 atom stereocenters. The Kier molecular flexibility index (Phi) is 5.20. The van der Waals surface area contributed by atoms with Crippen molar-refractivity contribution in [3.05, 3.63) is 16.7 Å². The molecule has 0 radical (unpaired) electrons. The average molecular weight is 378 g/mol. The number of hydrogen-bond acceptors (Lipinski definition) is 6. The van der Waals surface area contributed by atoms with Crippen molar-refractivity contribution in [1.82, 2.24) is 14.2 Å². The number of sulfonamides is 1. The first kappa shape index (κ1) is 16.6. The van der Waals surface area contributed by atoms with Gasteiger partial charge in [-0.1, -0.05) is 0 Å². The number of nitrogens with zero attached hydrogens (tertiary/aromatic N) is 3. The zero-order chi connectivity index (χ0) is 15.6. The topological polar surface area (TPSA) is 91.6 Å². The monoisotopic (exact) mass is 377 g/mol. The molecule has 1 aromatic heterocycles. The number of hydrazine groups is 1. The Morgan fingerprint density at radius 3 is 2.86 bits per heavy atom. The van der Waals surface area contributed by atoms with E-state index < -0.39 is 10.0 Å². The van der Waals surface area contributed by atoms with E-state index >= 15 is 0 Å². The minimum atomic E-state index is -3.65. The van der Waals surface area contributed by atoms with Crippen molar-refractivity contribution in [1.29, 1.82) is 0 Å². The van der Waals surface area contributed by atoms with Crippen LogP contribution in [0.25, 0.3) is 0 Å². The van der Waals surface area contributed by atoms with Gasteiger partial charge in [-0.15, -0.1) is 0 Å². The molecule has 2 rings (SSSR count). The molecule has 21 heavy (non-hydrogen) atoms. The smallest absolute Gasteiger partial charge is 0.247 e. The lowest BCUT2D eigenvalue weighted by Gasteiger charge is -2.27. The van der Waals surface area contributed by atoms with E-state index in [1.54, 1.807) is 0 Å². The lowest BCUT2D eigenvalue weighted by molar-refractivity contribution is 0.290. The molecule has 1 fully saturated rings. The van der Waals surface area contributed by atoms with Gasteiger partial charge in [-0.25, -0.2) is 19.2 Å². The van der Waals surface area contributed by atoms with Gasteiger partial charge in [0.2, 0.25) is 10.0 Å². The number of likely N-dealkylation sites (N-methyl/N-ethyl adjacent to an activating group) is 1. The number of nitrogens with two attached hydrogens (primary N) is 1. The quantitative estimate of drug-likeness (QED) is 0.599. The van der Waals surface area contributed by atoms with Gasteiger partial charge in [-0.2, -0.15) is 4.31 Å². The van der Waals surface area contributed by atoms with Crippen LogP contribution in [0, 0.1) is 0 Å². The second kappa shape index (κ2) is 6.57. The highest BCUT2D eigenvalue weighted by Gasteiger charge is 2.33. The van der Waals surface area contributed by atoms with Crippen LogP contribution in [-0.4, -0.2) is 55.3 Å². The first-order valence-electron chi connectivity index (χ1n) is 6.69. The van der Waals surface area contributed by atoms with Crippen molar-refractivity contribution in [3.8, 4) is 0 Å². The molecule has 1 saturated heterocycles. The number of nitrogen functional groups attached to an aromatic ring is 1. The molecule has 2 heterocycles. The van der Waals surface area contributed by atoms with Crippen LogP contribution >= 0.6 is 15.9 Å². The van der Waals surface area contributed by atoms with Crippen molar-refractivity contribution in [2.75, 3.05) is 32.1 Å². The summed E-state index contributed by atoms with van der Waals surface area (Å²) in [5, 5.41) is 0. The number of hydrogen-bond donors (Lipinski definition) is 2. The fraction of sp³-hybridized carbons (Fsp3) is 0.583. The Balaban J connectivity index is 2.43. The van der Waals surface area contributed by atoms with Gasteiger partial charge in [-0.05, 0) is 48.9 Å². The van der Waals surface area contributed by atoms with Gasteiger partial charge in [0.15, 0.2) is 5.82 Å². The van der Waals surface area contributed by atoms with E-state index in [4.69, 9.17) is 5.84 Å². The molecule has 7 nitrogen and oxygen atoms in total. The van der Waals surface area contributed by atoms with E-state index in [1.165, 1.54) is 16.6 Å². The normalized spacial score (nSPS) is 22.0. The molecule has 0 bridgehead atoms. The predicted octanol–water partition coefficient (Wildman–Crippen LogP) is 0.844. The van der Waals surface area contributed by atoms with Crippen molar-refractivity contribution in [2.24, 2.45) is 5.84 Å². The van der Waals surface area contributed by atoms with Crippen LogP contribution in [0.15, 0.2) is 21.6 Å². The molecular weight excluding hydrogens is 358 g/mol. The summed E-state index contributed by atoms with van der Waals surface area (Å²) in [6.07, 6.45) is 2.31. The van der Waals surface area contributed by atoms with E-state index in [0.717, 1.165) is 13.0 Å². The number of pyridine rings is 1. The molecule has 1 aromatic rings. The highest BCUT2D eigenvalue weighted by molar-refractivity contribution is 9.10. The highest BCUT2D eigenvalue weighted by atomic mass is 79.9. The largest absolute Gasteiger partial charge is 0.307 e. The number of anilines is 1. The molecule has 9 heteroatoms. The van der Waals surface area contributed by atoms with Gasteiger partial charge in [0, 0.05) is 29.8 Å². The van der Waals surface area contributed by atoms with Crippen LogP contribution in [0.4, 0.5) is 5.82 Å². The van der Waals surface area contributed by atoms with Crippen LogP contribution < -0.4 is 11.3 Å². The predicted molar refractivity (Wildman–Crippen MR) is 85.2 cm³/mol. The molecule has 1 aliphatic rings. The van der Waals surface area contributed by atoms with Crippen molar-refractivity contribution >= 4 is 31.8 Å². The van der Waals surface area contributed by atoms with Crippen LogP contribution in [0.3, 0.4) is 0 Å². The summed E-state index contributed by atoms with van der Waals surface area (Å²) in [4.78, 5) is 6.26. The number of nitrogens with one attached hydrogen (secondary N) is 1. The average Bonchev–Trinajstić information content (AvgIpc) is 2.59. The van der Waals surface area contributed by atoms with Crippen LogP contribution in [0.5, 0.6) is 0 Å². The number of halogens is 1. The minimum absolute atomic E-state index is 0.0933. The summed E-state index contributed by atoms with van der Waals surface area (Å²) < 4.78 is 28.0. The summed E-state index contributed by atoms with van der Waals surface area (Å²) in [5.74, 6) is 5.55. The van der Waals surface area contributed by atoms with Gasteiger partial charge in [0.25, 0.3) is 0 Å². The fourth-order valence-corrected chi connectivity index (χ4v) is 4.84. The minimum Gasteiger partial charge on any atom is -0.307 e. The molecule has 1 unspecified atom stereocenters. The Morgan fingerprint density at radius 1 is 1.48 bits per heavy atom. The lowest BCUT2D eigenvalue weighted by Crippen LogP contribution is -2.42. The molecule has 118 valence electrons. The van der Waals surface area contributed by atoms with Gasteiger partial charge in [0.05, 0.1) is 0 Å². The standard InChI is InChI=1S/C12H20BrN5O2S/c1-9-8-17(2)4-3-5-18(9)21(19,20)11-6-10(13)7-15-12(11)16-14/h6-7,9H,3-5,8,14H2,1-2H3,(H,15,16). The molecule has 0 amide bonds. The lowest BCUT2D eigenvalue weighted by atomic mass is 10.3. The van der Waals surface area contributed by atoms with Crippen molar-refractivity contribution in [3.63, 3.8) is 0 Å². The Morgan fingerprint density at radius 2 is 2.19 bits per heavy atom. The zero-order valence-electron chi connectivity index (χ0n) is 12.1. The van der Waals surface area contributed by atoms with Gasteiger partial charge < -0.3 is 10.3 Å². The third-order valence-electron chi connectivity index (χ3n) is 3.53. The van der Waals surface area contributed by atoms with E-state index in [0.29, 0.717) is 17.6 Å². The zero-order valence-corrected chi connectivity index (χ0v) is 14.5. The third kappa shape index (κ3) is 3.54. The van der Waals surface area contributed by atoms with Crippen molar-refractivity contribution in [2.45, 2.75) is 24.3 Å². The SMILES string of the molecule is CC1CN(C)CCCN1S(=O)(=O)c1cc(Br)cnc1NN. The van der Waals surface area contributed by atoms with Gasteiger partial charge in [0.1, 0.15) is 4.90 Å². The van der Waals surface area contributed by atoms with E-state index in [9.17, 15) is 8.42 Å². The first-order chi connectivity index (χ1) is 9.86. The molecule has 3 N–H and O–H groups in total. The molecular formula is C12H20BrN5O2S. The van der Waals surface area contributed by atoms with Crippen LogP contribution in [0.1, 0.15) is 13.3 Å². The molecule has 1 aliphatic heterocycles. The maximum Gasteiger partial charge on any atom is 0.247 e. The van der Waals surface area contributed by atoms with Crippen molar-refractivity contribution < 1.29 is 8.42 Å². The Hall–Kier alpha value is -0.740. The van der Waals surface area contributed by atoms with E-state index in [1.807, 2.05) is 14.0 Å². The molecule has 0 aliphatic carbocycles. The van der Waals surface area contributed by atoms with Gasteiger partial charge >= 0.3 is 0 Å². The van der Waals surface area contributed by atoms with Crippen LogP contribution in [0.2, 0.25) is 0 Å². The highest BCUT2D eigenvalue weighted by Crippen LogP contribution is 2.27. The maximum atomic E-state index is 12.9. The Bertz CT molecular complexity index is 610. The summed E-state index contributed by atoms with van der Waals surface area (Å²) in [6, 6.07) is 1.42. The summed E-state index contributed by atoms with van der Waals surface area (Å²) >= 11 is 3.26. The van der Waals surface area contributed by atoms with E-state index in [-0.39, 0.29) is 16.8 Å². The second-order valence-corrected chi connectivity index (χ2v) is 8.00. The summed E-state index contributed by atoms with van der Waals surface area (Å²) in [5.41, 5.74) is 2.36. The summed E-state index contributed by atoms with van der Waals surface area (Å²) in [6.45, 7) is 3.99. The van der Waals surface area contributed by atoms with E-state index in [2.05, 4.69) is 31.2 Å². The van der Waals surface area contributed by atoms with Gasteiger partial charge in [-0.3, -0.25) is 0 Å². The second-order valence-electron chi connectivity index (χ2n) is 5.23. The molecule has 0 saturated carbocycles. The number of aromatic nitrogens is 1. The first-order valence-corrected chi connectivity index (χ1v) is 8.92. The Labute approximate surface area is 133 Å². The van der Waals surface area contributed by atoms with Crippen LogP contribution in [-0.2, 0) is 10.0 Å². The molecule has 0 spiro atoms. The fourth-order valence-electron chi connectivity index (χ4n) is 2.56. The maximum absolute atomic E-state index is 12.9. The summed E-state index contributed by atoms with van der Waals surface area (Å²) in [7, 11) is -1.65. The third-order valence-corrected chi connectivity index (χ3v) is 5.99.